The average Bonchev–Trinajstić information content (AvgIpc) is 3.09. The first-order chi connectivity index (χ1) is 11.0. The molecule has 7 heteroatoms. The first kappa shape index (κ1) is 16.3. The molecule has 3 rings (SSSR count). The van der Waals surface area contributed by atoms with Gasteiger partial charge in [0.15, 0.2) is 0 Å². The summed E-state index contributed by atoms with van der Waals surface area (Å²) in [4.78, 5) is 14.4. The Labute approximate surface area is 137 Å². The van der Waals surface area contributed by atoms with E-state index in [1.165, 1.54) is 10.4 Å². The zero-order chi connectivity index (χ0) is 16.4. The van der Waals surface area contributed by atoms with Crippen LogP contribution in [-0.4, -0.2) is 49.7 Å². The molecular formula is C16H23N3O3S. The molecule has 2 aliphatic rings. The summed E-state index contributed by atoms with van der Waals surface area (Å²) in [5.74, 6) is 0.343. The number of carbonyl (C=O) groups excluding carboxylic acids is 1. The van der Waals surface area contributed by atoms with Gasteiger partial charge in [0.25, 0.3) is 0 Å². The van der Waals surface area contributed by atoms with E-state index in [0.717, 1.165) is 25.7 Å². The molecule has 2 N–H and O–H groups in total. The average molecular weight is 337 g/mol. The number of anilines is 1. The molecule has 0 spiro atoms. The lowest BCUT2D eigenvalue weighted by molar-refractivity contribution is -0.136. The second kappa shape index (κ2) is 6.49. The summed E-state index contributed by atoms with van der Waals surface area (Å²) in [5, 5.41) is 0. The van der Waals surface area contributed by atoms with Crippen molar-refractivity contribution in [2.24, 2.45) is 5.92 Å². The van der Waals surface area contributed by atoms with Crippen LogP contribution in [0, 0.1) is 5.92 Å². The van der Waals surface area contributed by atoms with Crippen LogP contribution in [0.15, 0.2) is 29.2 Å². The van der Waals surface area contributed by atoms with E-state index in [1.54, 1.807) is 18.2 Å². The lowest BCUT2D eigenvalue weighted by atomic mass is 10.1. The Hall–Kier alpha value is -1.60. The van der Waals surface area contributed by atoms with Crippen LogP contribution in [0.4, 0.5) is 5.69 Å². The second-order valence-corrected chi connectivity index (χ2v) is 8.22. The Morgan fingerprint density at radius 2 is 1.74 bits per heavy atom. The number of carbonyl (C=O) groups is 1. The van der Waals surface area contributed by atoms with E-state index in [4.69, 9.17) is 5.73 Å². The van der Waals surface area contributed by atoms with E-state index in [-0.39, 0.29) is 16.7 Å². The molecule has 2 fully saturated rings. The van der Waals surface area contributed by atoms with Crippen molar-refractivity contribution < 1.29 is 13.2 Å². The number of hydrogen-bond acceptors (Lipinski definition) is 4. The fourth-order valence-electron chi connectivity index (χ4n) is 3.40. The van der Waals surface area contributed by atoms with Crippen molar-refractivity contribution in [2.75, 3.05) is 31.9 Å². The number of amides is 1. The SMILES string of the molecule is Nc1cccc(S(=O)(=O)N2CCN(C(=O)C3CCCC3)CC2)c1. The molecule has 1 aromatic rings. The number of nitrogen functional groups attached to an aromatic ring is 1. The molecule has 0 atom stereocenters. The largest absolute Gasteiger partial charge is 0.399 e. The van der Waals surface area contributed by atoms with Gasteiger partial charge in [-0.1, -0.05) is 18.9 Å². The summed E-state index contributed by atoms with van der Waals surface area (Å²) in [6.07, 6.45) is 4.20. The number of nitrogens with two attached hydrogens (primary N) is 1. The van der Waals surface area contributed by atoms with Gasteiger partial charge in [0, 0.05) is 37.8 Å². The molecule has 126 valence electrons. The van der Waals surface area contributed by atoms with Gasteiger partial charge in [0.2, 0.25) is 15.9 Å². The topological polar surface area (TPSA) is 83.7 Å². The molecule has 1 aliphatic carbocycles. The van der Waals surface area contributed by atoms with Crippen LogP contribution in [0.3, 0.4) is 0 Å². The molecular weight excluding hydrogens is 314 g/mol. The zero-order valence-corrected chi connectivity index (χ0v) is 14.0. The van der Waals surface area contributed by atoms with Gasteiger partial charge in [-0.2, -0.15) is 4.31 Å². The second-order valence-electron chi connectivity index (χ2n) is 6.28. The fraction of sp³-hybridized carbons (Fsp3) is 0.562. The van der Waals surface area contributed by atoms with Crippen molar-refractivity contribution in [1.82, 2.24) is 9.21 Å². The van der Waals surface area contributed by atoms with E-state index in [0.29, 0.717) is 31.9 Å². The van der Waals surface area contributed by atoms with Crippen LogP contribution in [0.2, 0.25) is 0 Å². The molecule has 1 amide bonds. The molecule has 6 nitrogen and oxygen atoms in total. The quantitative estimate of drug-likeness (QED) is 0.843. The predicted molar refractivity (Wildman–Crippen MR) is 88.2 cm³/mol. The number of hydrogen-bond donors (Lipinski definition) is 1. The minimum Gasteiger partial charge on any atom is -0.399 e. The van der Waals surface area contributed by atoms with Crippen LogP contribution >= 0.6 is 0 Å². The normalized spacial score (nSPS) is 20.8. The van der Waals surface area contributed by atoms with Gasteiger partial charge >= 0.3 is 0 Å². The highest BCUT2D eigenvalue weighted by molar-refractivity contribution is 7.89. The highest BCUT2D eigenvalue weighted by atomic mass is 32.2. The van der Waals surface area contributed by atoms with Crippen molar-refractivity contribution in [3.63, 3.8) is 0 Å². The maximum atomic E-state index is 12.6. The molecule has 23 heavy (non-hydrogen) atoms. The van der Waals surface area contributed by atoms with E-state index >= 15 is 0 Å². The maximum absolute atomic E-state index is 12.6. The highest BCUT2D eigenvalue weighted by Gasteiger charge is 2.33. The maximum Gasteiger partial charge on any atom is 0.243 e. The summed E-state index contributed by atoms with van der Waals surface area (Å²) >= 11 is 0. The molecule has 1 saturated heterocycles. The Balaban J connectivity index is 1.65. The number of nitrogens with zero attached hydrogens (tertiary/aromatic N) is 2. The van der Waals surface area contributed by atoms with Crippen molar-refractivity contribution in [1.29, 1.82) is 0 Å². The van der Waals surface area contributed by atoms with Crippen LogP contribution in [0.25, 0.3) is 0 Å². The first-order valence-corrected chi connectivity index (χ1v) is 9.57. The van der Waals surface area contributed by atoms with Gasteiger partial charge < -0.3 is 10.6 Å². The van der Waals surface area contributed by atoms with Gasteiger partial charge in [-0.15, -0.1) is 0 Å². The van der Waals surface area contributed by atoms with E-state index in [9.17, 15) is 13.2 Å². The van der Waals surface area contributed by atoms with Crippen LogP contribution in [0.5, 0.6) is 0 Å². The molecule has 1 heterocycles. The Kier molecular flexibility index (Phi) is 4.59. The monoisotopic (exact) mass is 337 g/mol. The minimum absolute atomic E-state index is 0.145. The van der Waals surface area contributed by atoms with Crippen LogP contribution in [-0.2, 0) is 14.8 Å². The van der Waals surface area contributed by atoms with Gasteiger partial charge in [0.1, 0.15) is 0 Å². The molecule has 0 bridgehead atoms. The van der Waals surface area contributed by atoms with E-state index < -0.39 is 10.0 Å². The Morgan fingerprint density at radius 3 is 2.35 bits per heavy atom. The Bertz CT molecular complexity index is 676. The fourth-order valence-corrected chi connectivity index (χ4v) is 4.88. The first-order valence-electron chi connectivity index (χ1n) is 8.13. The van der Waals surface area contributed by atoms with Crippen LogP contribution in [0.1, 0.15) is 25.7 Å². The molecule has 0 aromatic heterocycles. The minimum atomic E-state index is -3.54. The third kappa shape index (κ3) is 3.35. The van der Waals surface area contributed by atoms with Crippen molar-refractivity contribution in [2.45, 2.75) is 30.6 Å². The van der Waals surface area contributed by atoms with Crippen LogP contribution < -0.4 is 5.73 Å². The molecule has 0 radical (unpaired) electrons. The molecule has 1 aromatic carbocycles. The molecule has 1 saturated carbocycles. The van der Waals surface area contributed by atoms with E-state index in [1.807, 2.05) is 4.90 Å². The Morgan fingerprint density at radius 1 is 1.09 bits per heavy atom. The summed E-state index contributed by atoms with van der Waals surface area (Å²) in [6.45, 7) is 1.62. The summed E-state index contributed by atoms with van der Waals surface area (Å²) in [5.41, 5.74) is 6.11. The zero-order valence-electron chi connectivity index (χ0n) is 13.1. The number of rotatable bonds is 3. The van der Waals surface area contributed by atoms with Crippen molar-refractivity contribution >= 4 is 21.6 Å². The summed E-state index contributed by atoms with van der Waals surface area (Å²) in [7, 11) is -3.54. The van der Waals surface area contributed by atoms with Gasteiger partial charge in [0.05, 0.1) is 4.90 Å². The third-order valence-electron chi connectivity index (χ3n) is 4.75. The standard InChI is InChI=1S/C16H23N3O3S/c17-14-6-3-7-15(12-14)23(21,22)19-10-8-18(9-11-19)16(20)13-4-1-2-5-13/h3,6-7,12-13H,1-2,4-5,8-11,17H2. The summed E-state index contributed by atoms with van der Waals surface area (Å²) in [6, 6.07) is 6.34. The molecule has 0 unspecified atom stereocenters. The van der Waals surface area contributed by atoms with Crippen molar-refractivity contribution in [3.05, 3.63) is 24.3 Å². The van der Waals surface area contributed by atoms with Crippen molar-refractivity contribution in [3.8, 4) is 0 Å². The smallest absolute Gasteiger partial charge is 0.243 e. The lowest BCUT2D eigenvalue weighted by Gasteiger charge is -2.35. The van der Waals surface area contributed by atoms with Gasteiger partial charge in [-0.05, 0) is 31.0 Å². The number of sulfonamides is 1. The predicted octanol–water partition coefficient (Wildman–Crippen LogP) is 1.29. The third-order valence-corrected chi connectivity index (χ3v) is 6.65. The number of benzene rings is 1. The number of piperazine rings is 1. The van der Waals surface area contributed by atoms with Gasteiger partial charge in [-0.3, -0.25) is 4.79 Å². The summed E-state index contributed by atoms with van der Waals surface area (Å²) < 4.78 is 26.7. The lowest BCUT2D eigenvalue weighted by Crippen LogP contribution is -2.51. The van der Waals surface area contributed by atoms with E-state index in [2.05, 4.69) is 0 Å². The highest BCUT2D eigenvalue weighted by Crippen LogP contribution is 2.27. The molecule has 1 aliphatic heterocycles. The van der Waals surface area contributed by atoms with Gasteiger partial charge in [-0.25, -0.2) is 8.42 Å².